The minimum atomic E-state index is -0.432. The molecule has 0 saturated carbocycles. The number of methoxy groups -OCH3 is 2. The average molecular weight is 405 g/mol. The fourth-order valence-electron chi connectivity index (χ4n) is 2.99. The molecule has 0 radical (unpaired) electrons. The van der Waals surface area contributed by atoms with Gasteiger partial charge in [0.15, 0.2) is 5.65 Å². The third-order valence-corrected chi connectivity index (χ3v) is 4.45. The van der Waals surface area contributed by atoms with Crippen LogP contribution in [0.15, 0.2) is 53.3 Å². The van der Waals surface area contributed by atoms with Crippen LogP contribution in [0.3, 0.4) is 0 Å². The van der Waals surface area contributed by atoms with Gasteiger partial charge in [0.1, 0.15) is 22.7 Å². The van der Waals surface area contributed by atoms with Crippen LogP contribution in [0.5, 0.6) is 11.5 Å². The van der Waals surface area contributed by atoms with E-state index in [0.29, 0.717) is 22.9 Å². The van der Waals surface area contributed by atoms with Crippen LogP contribution >= 0.6 is 0 Å². The van der Waals surface area contributed by atoms with Gasteiger partial charge in [0.25, 0.3) is 5.56 Å². The summed E-state index contributed by atoms with van der Waals surface area (Å²) in [5.74, 6) is 1.49. The van der Waals surface area contributed by atoms with Crippen LogP contribution < -0.4 is 31.8 Å². The van der Waals surface area contributed by atoms with Crippen LogP contribution in [-0.4, -0.2) is 33.7 Å². The maximum atomic E-state index is 13.4. The van der Waals surface area contributed by atoms with Crippen molar-refractivity contribution in [1.29, 1.82) is 0 Å². The number of nitrogens with two attached hydrogens (primary N) is 2. The number of ether oxygens (including phenoxy) is 2. The van der Waals surface area contributed by atoms with E-state index in [1.165, 1.54) is 4.57 Å². The molecule has 30 heavy (non-hydrogen) atoms. The van der Waals surface area contributed by atoms with E-state index in [1.54, 1.807) is 62.8 Å². The second kappa shape index (κ2) is 7.59. The summed E-state index contributed by atoms with van der Waals surface area (Å²) in [4.78, 5) is 25.8. The minimum Gasteiger partial charge on any atom is -0.497 e. The van der Waals surface area contributed by atoms with Gasteiger partial charge in [0.05, 0.1) is 19.9 Å². The molecule has 0 bridgehead atoms. The fourth-order valence-corrected chi connectivity index (χ4v) is 2.99. The van der Waals surface area contributed by atoms with Crippen molar-refractivity contribution in [3.63, 3.8) is 0 Å². The SMILES string of the molecule is COc1ccc(Nc2nc3nc(N)nc(N)c3c(=O)n2-c2ccc(OC)cc2)cc1. The number of fused-ring (bicyclic) bond motifs is 1. The first kappa shape index (κ1) is 19.0. The average Bonchev–Trinajstić information content (AvgIpc) is 2.74. The van der Waals surface area contributed by atoms with Gasteiger partial charge in [-0.3, -0.25) is 4.79 Å². The summed E-state index contributed by atoms with van der Waals surface area (Å²) >= 11 is 0. The van der Waals surface area contributed by atoms with Gasteiger partial charge < -0.3 is 26.3 Å². The molecule has 0 fully saturated rings. The van der Waals surface area contributed by atoms with Crippen LogP contribution in [0.2, 0.25) is 0 Å². The van der Waals surface area contributed by atoms with Crippen LogP contribution in [0.25, 0.3) is 16.7 Å². The van der Waals surface area contributed by atoms with Crippen molar-refractivity contribution in [2.75, 3.05) is 31.0 Å². The van der Waals surface area contributed by atoms with E-state index in [-0.39, 0.29) is 28.7 Å². The highest BCUT2D eigenvalue weighted by molar-refractivity contribution is 5.86. The largest absolute Gasteiger partial charge is 0.497 e. The normalized spacial score (nSPS) is 10.7. The number of hydrogen-bond donors (Lipinski definition) is 3. The summed E-state index contributed by atoms with van der Waals surface area (Å²) in [7, 11) is 3.15. The lowest BCUT2D eigenvalue weighted by Gasteiger charge is -2.15. The van der Waals surface area contributed by atoms with Crippen molar-refractivity contribution in [3.8, 4) is 17.2 Å². The summed E-state index contributed by atoms with van der Waals surface area (Å²) < 4.78 is 11.8. The molecule has 5 N–H and O–H groups in total. The van der Waals surface area contributed by atoms with Crippen molar-refractivity contribution in [2.24, 2.45) is 0 Å². The predicted molar refractivity (Wildman–Crippen MR) is 115 cm³/mol. The molecular formula is C20H19N7O3. The third kappa shape index (κ3) is 3.41. The topological polar surface area (TPSA) is 143 Å². The second-order valence-corrected chi connectivity index (χ2v) is 6.29. The second-order valence-electron chi connectivity index (χ2n) is 6.29. The number of nitrogen functional groups attached to an aromatic ring is 2. The summed E-state index contributed by atoms with van der Waals surface area (Å²) in [6.45, 7) is 0. The Morgan fingerprint density at radius 3 is 2.07 bits per heavy atom. The summed E-state index contributed by atoms with van der Waals surface area (Å²) in [6, 6.07) is 14.1. The first-order valence-electron chi connectivity index (χ1n) is 8.91. The molecule has 0 aliphatic rings. The molecule has 2 aromatic carbocycles. The monoisotopic (exact) mass is 405 g/mol. The maximum absolute atomic E-state index is 13.4. The van der Waals surface area contributed by atoms with E-state index in [1.807, 2.05) is 0 Å². The predicted octanol–water partition coefficient (Wildman–Crippen LogP) is 2.10. The zero-order valence-electron chi connectivity index (χ0n) is 16.3. The molecule has 2 aromatic heterocycles. The zero-order valence-corrected chi connectivity index (χ0v) is 16.3. The molecule has 0 amide bonds. The lowest BCUT2D eigenvalue weighted by Crippen LogP contribution is -2.24. The van der Waals surface area contributed by atoms with Crippen LogP contribution in [0.1, 0.15) is 0 Å². The first-order valence-corrected chi connectivity index (χ1v) is 8.91. The molecule has 4 rings (SSSR count). The standard InChI is InChI=1S/C20H19N7O3/c1-29-13-7-3-11(4-8-13)23-20-26-17-15(16(21)24-19(22)25-17)18(28)27(20)12-5-9-14(30-2)10-6-12/h3-10H,1-2H3,(H5,21,22,23,24,25,26). The van der Waals surface area contributed by atoms with Gasteiger partial charge in [-0.1, -0.05) is 0 Å². The van der Waals surface area contributed by atoms with Crippen molar-refractivity contribution in [1.82, 2.24) is 19.5 Å². The number of rotatable bonds is 5. The number of hydrogen-bond acceptors (Lipinski definition) is 9. The van der Waals surface area contributed by atoms with Gasteiger partial charge in [0, 0.05) is 5.69 Å². The summed E-state index contributed by atoms with van der Waals surface area (Å²) in [6.07, 6.45) is 0. The molecule has 0 aliphatic heterocycles. The highest BCUT2D eigenvalue weighted by Gasteiger charge is 2.17. The van der Waals surface area contributed by atoms with Gasteiger partial charge in [-0.2, -0.15) is 15.0 Å². The lowest BCUT2D eigenvalue weighted by atomic mass is 10.2. The fraction of sp³-hybridized carbons (Fsp3) is 0.100. The smallest absolute Gasteiger partial charge is 0.272 e. The molecule has 0 saturated heterocycles. The van der Waals surface area contributed by atoms with E-state index in [9.17, 15) is 4.79 Å². The highest BCUT2D eigenvalue weighted by Crippen LogP contribution is 2.24. The quantitative estimate of drug-likeness (QED) is 0.455. The van der Waals surface area contributed by atoms with Gasteiger partial charge >= 0.3 is 0 Å². The van der Waals surface area contributed by atoms with Crippen molar-refractivity contribution < 1.29 is 9.47 Å². The van der Waals surface area contributed by atoms with Crippen molar-refractivity contribution in [3.05, 3.63) is 58.9 Å². The maximum Gasteiger partial charge on any atom is 0.272 e. The Hall–Kier alpha value is -4.34. The molecule has 10 heteroatoms. The molecule has 0 atom stereocenters. The Kier molecular flexibility index (Phi) is 4.80. The number of nitrogens with one attached hydrogen (secondary N) is 1. The number of nitrogens with zero attached hydrogens (tertiary/aromatic N) is 4. The van der Waals surface area contributed by atoms with Crippen LogP contribution in [0, 0.1) is 0 Å². The van der Waals surface area contributed by atoms with Gasteiger partial charge in [-0.25, -0.2) is 4.57 Å². The third-order valence-electron chi connectivity index (χ3n) is 4.45. The Bertz CT molecular complexity index is 1270. The lowest BCUT2D eigenvalue weighted by molar-refractivity contribution is 0.414. The molecule has 0 spiro atoms. The molecule has 10 nitrogen and oxygen atoms in total. The van der Waals surface area contributed by atoms with E-state index < -0.39 is 5.56 Å². The van der Waals surface area contributed by atoms with Gasteiger partial charge in [0.2, 0.25) is 11.9 Å². The molecule has 4 aromatic rings. The Labute approximate surface area is 171 Å². The molecule has 2 heterocycles. The minimum absolute atomic E-state index is 0.0340. The molecule has 152 valence electrons. The van der Waals surface area contributed by atoms with Crippen LogP contribution in [0.4, 0.5) is 23.4 Å². The summed E-state index contributed by atoms with van der Waals surface area (Å²) in [5.41, 5.74) is 12.6. The van der Waals surface area contributed by atoms with Gasteiger partial charge in [-0.05, 0) is 48.5 Å². The Morgan fingerprint density at radius 2 is 1.47 bits per heavy atom. The molecule has 0 aliphatic carbocycles. The summed E-state index contributed by atoms with van der Waals surface area (Å²) in [5, 5.41) is 3.23. The Morgan fingerprint density at radius 1 is 0.867 bits per heavy atom. The van der Waals surface area contributed by atoms with E-state index in [0.717, 1.165) is 0 Å². The van der Waals surface area contributed by atoms with Crippen LogP contribution in [-0.2, 0) is 0 Å². The zero-order chi connectivity index (χ0) is 21.3. The van der Waals surface area contributed by atoms with Crippen molar-refractivity contribution >= 4 is 34.4 Å². The number of benzene rings is 2. The Balaban J connectivity index is 1.94. The molecule has 0 unspecified atom stereocenters. The highest BCUT2D eigenvalue weighted by atomic mass is 16.5. The van der Waals surface area contributed by atoms with E-state index >= 15 is 0 Å². The number of aromatic nitrogens is 4. The van der Waals surface area contributed by atoms with Crippen molar-refractivity contribution in [2.45, 2.75) is 0 Å². The first-order chi connectivity index (χ1) is 14.5. The van der Waals surface area contributed by atoms with E-state index in [2.05, 4.69) is 20.3 Å². The van der Waals surface area contributed by atoms with E-state index in [4.69, 9.17) is 20.9 Å². The van der Waals surface area contributed by atoms with Gasteiger partial charge in [-0.15, -0.1) is 0 Å². The number of anilines is 4. The molecular weight excluding hydrogens is 386 g/mol.